The fourth-order valence-corrected chi connectivity index (χ4v) is 7.82. The average Bonchev–Trinajstić information content (AvgIpc) is 3.65. The lowest BCUT2D eigenvalue weighted by atomic mass is 9.70. The molecule has 0 radical (unpaired) electrons. The molecule has 3 heterocycles. The molecule has 42 heavy (non-hydrogen) atoms. The number of hydrogen-bond donors (Lipinski definition) is 1. The van der Waals surface area contributed by atoms with Crippen LogP contribution in [0.4, 0.5) is 5.69 Å². The highest BCUT2D eigenvalue weighted by Crippen LogP contribution is 2.59. The summed E-state index contributed by atoms with van der Waals surface area (Å²) >= 11 is 0. The van der Waals surface area contributed by atoms with Gasteiger partial charge in [-0.1, -0.05) is 31.4 Å². The number of aliphatic hydroxyl groups excluding tert-OH is 1. The van der Waals surface area contributed by atoms with E-state index in [-0.39, 0.29) is 43.5 Å². The zero-order chi connectivity index (χ0) is 29.9. The number of nitrogens with zero attached hydrogens (tertiary/aromatic N) is 3. The summed E-state index contributed by atoms with van der Waals surface area (Å²) in [4.78, 5) is 48.3. The predicted octanol–water partition coefficient (Wildman–Crippen LogP) is 3.71. The molecule has 4 fully saturated rings. The molecule has 9 heteroatoms. The van der Waals surface area contributed by atoms with Crippen LogP contribution in [0.1, 0.15) is 58.3 Å². The van der Waals surface area contributed by atoms with E-state index >= 15 is 0 Å². The first-order valence-corrected chi connectivity index (χ1v) is 15.6. The number of rotatable bonds is 13. The summed E-state index contributed by atoms with van der Waals surface area (Å²) in [6.07, 6.45) is 9.62. The van der Waals surface area contributed by atoms with Gasteiger partial charge in [-0.05, 0) is 63.3 Å². The highest BCUT2D eigenvalue weighted by molar-refractivity contribution is 6.03. The summed E-state index contributed by atoms with van der Waals surface area (Å²) in [5.41, 5.74) is -0.383. The molecule has 3 amide bonds. The van der Waals surface area contributed by atoms with Crippen LogP contribution in [0.3, 0.4) is 0 Å². The number of benzene rings is 1. The Labute approximate surface area is 249 Å². The molecule has 9 nitrogen and oxygen atoms in total. The van der Waals surface area contributed by atoms with Crippen LogP contribution in [0.15, 0.2) is 49.6 Å². The van der Waals surface area contributed by atoms with Crippen molar-refractivity contribution in [2.75, 3.05) is 37.7 Å². The Kier molecular flexibility index (Phi) is 9.38. The molecule has 2 unspecified atom stereocenters. The quantitative estimate of drug-likeness (QED) is 0.358. The van der Waals surface area contributed by atoms with Crippen LogP contribution in [0.2, 0.25) is 0 Å². The normalized spacial score (nSPS) is 28.4. The SMILES string of the molecule is C=CCN(C(=O)[C@@H]1[C@H]2C(=O)N(CCCO)C(C(=O)N(CC=C)C3CCCCC3)C23CC[C@H]1O3)c1ccc(OCC)cc1. The first-order chi connectivity index (χ1) is 20.4. The molecule has 1 spiro atoms. The summed E-state index contributed by atoms with van der Waals surface area (Å²) in [7, 11) is 0. The van der Waals surface area contributed by atoms with Crippen molar-refractivity contribution in [2.24, 2.45) is 11.8 Å². The molecule has 1 N–H and O–H groups in total. The lowest BCUT2D eigenvalue weighted by molar-refractivity contribution is -0.150. The molecule has 3 saturated heterocycles. The maximum Gasteiger partial charge on any atom is 0.248 e. The largest absolute Gasteiger partial charge is 0.494 e. The molecular formula is C33H45N3O6. The van der Waals surface area contributed by atoms with E-state index in [1.54, 1.807) is 22.0 Å². The lowest BCUT2D eigenvalue weighted by Crippen LogP contribution is -2.58. The van der Waals surface area contributed by atoms with Crippen molar-refractivity contribution in [1.29, 1.82) is 0 Å². The van der Waals surface area contributed by atoms with E-state index in [9.17, 15) is 19.5 Å². The fourth-order valence-electron chi connectivity index (χ4n) is 7.82. The fraction of sp³-hybridized carbons (Fsp3) is 0.606. The van der Waals surface area contributed by atoms with Crippen LogP contribution in [-0.4, -0.2) is 89.3 Å². The molecule has 0 aromatic heterocycles. The van der Waals surface area contributed by atoms with Gasteiger partial charge in [-0.3, -0.25) is 14.4 Å². The van der Waals surface area contributed by atoms with Gasteiger partial charge in [0.1, 0.15) is 17.4 Å². The zero-order valence-electron chi connectivity index (χ0n) is 24.8. The molecule has 1 aromatic carbocycles. The summed E-state index contributed by atoms with van der Waals surface area (Å²) in [5, 5.41) is 9.66. The van der Waals surface area contributed by atoms with Gasteiger partial charge in [0, 0.05) is 38.0 Å². The second kappa shape index (κ2) is 13.0. The van der Waals surface area contributed by atoms with E-state index in [0.29, 0.717) is 43.9 Å². The second-order valence-corrected chi connectivity index (χ2v) is 11.9. The van der Waals surface area contributed by atoms with E-state index in [1.807, 2.05) is 36.1 Å². The Bertz CT molecular complexity index is 1160. The van der Waals surface area contributed by atoms with Gasteiger partial charge >= 0.3 is 0 Å². The third kappa shape index (κ3) is 5.26. The minimum atomic E-state index is -1.07. The number of carbonyl (C=O) groups is 3. The van der Waals surface area contributed by atoms with Crippen molar-refractivity contribution in [2.45, 2.75) is 82.1 Å². The van der Waals surface area contributed by atoms with Crippen LogP contribution in [0.5, 0.6) is 5.75 Å². The minimum Gasteiger partial charge on any atom is -0.494 e. The van der Waals surface area contributed by atoms with Gasteiger partial charge in [0.15, 0.2) is 0 Å². The number of amides is 3. The van der Waals surface area contributed by atoms with Gasteiger partial charge in [0.05, 0.1) is 24.5 Å². The Morgan fingerprint density at radius 3 is 2.45 bits per heavy atom. The summed E-state index contributed by atoms with van der Waals surface area (Å²) in [6.45, 7) is 11.0. The van der Waals surface area contributed by atoms with Crippen molar-refractivity contribution in [3.63, 3.8) is 0 Å². The lowest BCUT2D eigenvalue weighted by Gasteiger charge is -2.40. The summed E-state index contributed by atoms with van der Waals surface area (Å²) in [5.74, 6) is -1.32. The number of carbonyl (C=O) groups excluding carboxylic acids is 3. The van der Waals surface area contributed by atoms with E-state index < -0.39 is 29.6 Å². The predicted molar refractivity (Wildman–Crippen MR) is 160 cm³/mol. The maximum absolute atomic E-state index is 14.5. The van der Waals surface area contributed by atoms with E-state index in [4.69, 9.17) is 9.47 Å². The van der Waals surface area contributed by atoms with Gasteiger partial charge in [0.2, 0.25) is 17.7 Å². The Balaban J connectivity index is 1.49. The molecule has 1 saturated carbocycles. The van der Waals surface area contributed by atoms with Crippen molar-refractivity contribution >= 4 is 23.4 Å². The molecule has 228 valence electrons. The highest BCUT2D eigenvalue weighted by atomic mass is 16.5. The molecule has 5 atom stereocenters. The second-order valence-electron chi connectivity index (χ2n) is 11.9. The molecular weight excluding hydrogens is 534 g/mol. The zero-order valence-corrected chi connectivity index (χ0v) is 24.8. The van der Waals surface area contributed by atoms with Crippen molar-refractivity contribution in [3.8, 4) is 5.75 Å². The van der Waals surface area contributed by atoms with Crippen molar-refractivity contribution < 1.29 is 29.0 Å². The van der Waals surface area contributed by atoms with Crippen LogP contribution < -0.4 is 9.64 Å². The molecule has 2 bridgehead atoms. The van der Waals surface area contributed by atoms with Gasteiger partial charge < -0.3 is 29.3 Å². The number of fused-ring (bicyclic) bond motifs is 1. The smallest absolute Gasteiger partial charge is 0.248 e. The standard InChI is InChI=1S/C33H45N3O6/c1-4-19-34(24-13-15-25(16-14-24)41-6-3)30(38)27-26-17-18-33(42-26)28(27)31(39)36(21-10-22-37)29(33)32(40)35(20-5-2)23-11-8-7-9-12-23/h4-5,13-16,23,26-29,37H,1-2,6-12,17-22H2,3H3/t26-,27+,28+,29?,33?/m1/s1. The van der Waals surface area contributed by atoms with E-state index in [0.717, 1.165) is 32.1 Å². The highest BCUT2D eigenvalue weighted by Gasteiger charge is 2.75. The molecule has 1 aromatic rings. The number of likely N-dealkylation sites (tertiary alicyclic amines) is 1. The first-order valence-electron chi connectivity index (χ1n) is 15.6. The maximum atomic E-state index is 14.5. The number of anilines is 1. The first kappa shape index (κ1) is 30.3. The third-order valence-corrected chi connectivity index (χ3v) is 9.54. The number of aliphatic hydroxyl groups is 1. The number of ether oxygens (including phenoxy) is 2. The Morgan fingerprint density at radius 2 is 1.81 bits per heavy atom. The Hall–Kier alpha value is -3.17. The van der Waals surface area contributed by atoms with Crippen LogP contribution in [-0.2, 0) is 19.1 Å². The minimum absolute atomic E-state index is 0.0910. The van der Waals surface area contributed by atoms with E-state index in [1.165, 1.54) is 0 Å². The van der Waals surface area contributed by atoms with Crippen molar-refractivity contribution in [1.82, 2.24) is 9.80 Å². The van der Waals surface area contributed by atoms with Crippen LogP contribution in [0, 0.1) is 11.8 Å². The third-order valence-electron chi connectivity index (χ3n) is 9.54. The van der Waals surface area contributed by atoms with Crippen LogP contribution >= 0.6 is 0 Å². The van der Waals surface area contributed by atoms with Crippen molar-refractivity contribution in [3.05, 3.63) is 49.6 Å². The Morgan fingerprint density at radius 1 is 1.10 bits per heavy atom. The summed E-state index contributed by atoms with van der Waals surface area (Å²) < 4.78 is 12.2. The van der Waals surface area contributed by atoms with Gasteiger partial charge in [-0.15, -0.1) is 13.2 Å². The van der Waals surface area contributed by atoms with Gasteiger partial charge in [0.25, 0.3) is 0 Å². The average molecular weight is 580 g/mol. The monoisotopic (exact) mass is 579 g/mol. The molecule has 4 aliphatic rings. The van der Waals surface area contributed by atoms with Gasteiger partial charge in [-0.25, -0.2) is 0 Å². The topological polar surface area (TPSA) is 99.6 Å². The van der Waals surface area contributed by atoms with E-state index in [2.05, 4.69) is 13.2 Å². The van der Waals surface area contributed by atoms with Crippen LogP contribution in [0.25, 0.3) is 0 Å². The van der Waals surface area contributed by atoms with Gasteiger partial charge in [-0.2, -0.15) is 0 Å². The molecule has 3 aliphatic heterocycles. The molecule has 5 rings (SSSR count). The summed E-state index contributed by atoms with van der Waals surface area (Å²) in [6, 6.07) is 6.59. The molecule has 1 aliphatic carbocycles. The number of hydrogen-bond acceptors (Lipinski definition) is 6.